The minimum Gasteiger partial charge on any atom is -0.322 e. The number of rotatable bonds is 4. The van der Waals surface area contributed by atoms with E-state index in [9.17, 15) is 4.79 Å². The van der Waals surface area contributed by atoms with Crippen molar-refractivity contribution in [2.45, 2.75) is 6.42 Å². The number of aromatic nitrogens is 3. The Morgan fingerprint density at radius 3 is 2.81 bits per heavy atom. The fourth-order valence-corrected chi connectivity index (χ4v) is 2.53. The molecule has 0 bridgehead atoms. The highest BCUT2D eigenvalue weighted by atomic mass is 79.9. The van der Waals surface area contributed by atoms with Crippen LogP contribution in [0.1, 0.15) is 15.9 Å². The van der Waals surface area contributed by atoms with Crippen molar-refractivity contribution in [1.82, 2.24) is 14.6 Å². The summed E-state index contributed by atoms with van der Waals surface area (Å²) in [6, 6.07) is 7.82. The zero-order valence-corrected chi connectivity index (χ0v) is 12.7. The Bertz CT molecular complexity index is 767. The number of nitrogens with one attached hydrogen (secondary N) is 1. The molecule has 3 aromatic rings. The predicted octanol–water partition coefficient (Wildman–Crippen LogP) is 2.92. The molecular formula is C15H13BrN4O. The van der Waals surface area contributed by atoms with Gasteiger partial charge in [0.2, 0.25) is 0 Å². The van der Waals surface area contributed by atoms with Crippen LogP contribution in [0.5, 0.6) is 0 Å². The van der Waals surface area contributed by atoms with Crippen molar-refractivity contribution in [1.29, 1.82) is 0 Å². The van der Waals surface area contributed by atoms with E-state index in [2.05, 4.69) is 31.3 Å². The zero-order chi connectivity index (χ0) is 14.7. The van der Waals surface area contributed by atoms with E-state index in [1.54, 1.807) is 29.3 Å². The summed E-state index contributed by atoms with van der Waals surface area (Å²) in [5.74, 6) is -0.189. The summed E-state index contributed by atoms with van der Waals surface area (Å²) in [7, 11) is 0. The van der Waals surface area contributed by atoms with Crippen LogP contribution in [0.3, 0.4) is 0 Å². The molecule has 5 nitrogen and oxygen atoms in total. The number of carbonyl (C=O) groups is 1. The summed E-state index contributed by atoms with van der Waals surface area (Å²) in [4.78, 5) is 16.3. The van der Waals surface area contributed by atoms with Crippen LogP contribution in [0.25, 0.3) is 5.52 Å². The lowest BCUT2D eigenvalue weighted by molar-refractivity contribution is 0.102. The number of amides is 1. The molecule has 1 amide bonds. The number of fused-ring (bicyclic) bond motifs is 1. The summed E-state index contributed by atoms with van der Waals surface area (Å²) < 4.78 is 1.63. The molecule has 0 fully saturated rings. The molecule has 3 rings (SSSR count). The lowest BCUT2D eigenvalue weighted by Gasteiger charge is -2.05. The highest BCUT2D eigenvalue weighted by molar-refractivity contribution is 9.09. The molecule has 2 heterocycles. The molecular weight excluding hydrogens is 332 g/mol. The van der Waals surface area contributed by atoms with Gasteiger partial charge in [0.05, 0.1) is 23.5 Å². The maximum absolute atomic E-state index is 12.3. The summed E-state index contributed by atoms with van der Waals surface area (Å²) in [6.45, 7) is 0. The van der Waals surface area contributed by atoms with Crippen LogP contribution in [0, 0.1) is 0 Å². The fraction of sp³-hybridized carbons (Fsp3) is 0.133. The average Bonchev–Trinajstić information content (AvgIpc) is 2.93. The molecule has 106 valence electrons. The third-order valence-electron chi connectivity index (χ3n) is 3.16. The molecule has 0 atom stereocenters. The van der Waals surface area contributed by atoms with Gasteiger partial charge in [-0.25, -0.2) is 4.52 Å². The molecule has 0 unspecified atom stereocenters. The van der Waals surface area contributed by atoms with Crippen molar-refractivity contribution >= 4 is 33.0 Å². The number of nitrogens with zero attached hydrogens (tertiary/aromatic N) is 3. The Kier molecular flexibility index (Phi) is 3.96. The van der Waals surface area contributed by atoms with E-state index in [1.165, 1.54) is 5.56 Å². The van der Waals surface area contributed by atoms with Gasteiger partial charge in [-0.1, -0.05) is 28.1 Å². The number of carbonyl (C=O) groups excluding carboxylic acids is 1. The molecule has 6 heteroatoms. The monoisotopic (exact) mass is 344 g/mol. The fourth-order valence-electron chi connectivity index (χ4n) is 2.07. The highest BCUT2D eigenvalue weighted by Crippen LogP contribution is 2.14. The third-order valence-corrected chi connectivity index (χ3v) is 3.56. The molecule has 0 saturated heterocycles. The summed E-state index contributed by atoms with van der Waals surface area (Å²) in [5.41, 5.74) is 3.19. The Hall–Kier alpha value is -2.21. The number of aryl methyl sites for hydroxylation is 1. The molecule has 1 aromatic carbocycles. The number of hydrogen-bond donors (Lipinski definition) is 1. The van der Waals surface area contributed by atoms with Crippen molar-refractivity contribution in [3.05, 3.63) is 60.2 Å². The van der Waals surface area contributed by atoms with Crippen molar-refractivity contribution in [2.24, 2.45) is 0 Å². The van der Waals surface area contributed by atoms with Crippen LogP contribution in [-0.2, 0) is 6.42 Å². The molecule has 21 heavy (non-hydrogen) atoms. The van der Waals surface area contributed by atoms with Gasteiger partial charge in [0.25, 0.3) is 5.91 Å². The molecule has 0 saturated carbocycles. The molecule has 0 aliphatic rings. The Balaban J connectivity index is 1.79. The molecule has 0 spiro atoms. The van der Waals surface area contributed by atoms with Crippen LogP contribution < -0.4 is 5.32 Å². The number of anilines is 1. The standard InChI is InChI=1S/C15H13BrN4O/c16-6-5-11-1-3-12(4-2-11)19-15(21)13-9-18-20-8-7-17-10-14(13)20/h1-4,7-10H,5-6H2,(H,19,21). The van der Waals surface area contributed by atoms with Crippen LogP contribution in [0.15, 0.2) is 49.1 Å². The molecule has 0 aliphatic heterocycles. The van der Waals surface area contributed by atoms with Crippen LogP contribution in [0.4, 0.5) is 5.69 Å². The summed E-state index contributed by atoms with van der Waals surface area (Å²) in [6.07, 6.45) is 7.48. The first-order chi connectivity index (χ1) is 10.3. The molecule has 2 aromatic heterocycles. The molecule has 0 radical (unpaired) electrons. The summed E-state index contributed by atoms with van der Waals surface area (Å²) in [5, 5.41) is 7.93. The van der Waals surface area contributed by atoms with Crippen LogP contribution >= 0.6 is 15.9 Å². The van der Waals surface area contributed by atoms with E-state index in [1.807, 2.05) is 24.3 Å². The van der Waals surface area contributed by atoms with Gasteiger partial charge in [-0.05, 0) is 24.1 Å². The largest absolute Gasteiger partial charge is 0.322 e. The quantitative estimate of drug-likeness (QED) is 0.740. The summed E-state index contributed by atoms with van der Waals surface area (Å²) >= 11 is 3.41. The predicted molar refractivity (Wildman–Crippen MR) is 84.9 cm³/mol. The van der Waals surface area contributed by atoms with E-state index in [-0.39, 0.29) is 5.91 Å². The van der Waals surface area contributed by atoms with E-state index < -0.39 is 0 Å². The van der Waals surface area contributed by atoms with Crippen molar-refractivity contribution in [3.8, 4) is 0 Å². The average molecular weight is 345 g/mol. The second-order valence-corrected chi connectivity index (χ2v) is 5.35. The number of hydrogen-bond acceptors (Lipinski definition) is 3. The van der Waals surface area contributed by atoms with Gasteiger partial charge in [-0.3, -0.25) is 9.78 Å². The van der Waals surface area contributed by atoms with Crippen molar-refractivity contribution < 1.29 is 4.79 Å². The van der Waals surface area contributed by atoms with Gasteiger partial charge >= 0.3 is 0 Å². The minimum atomic E-state index is -0.189. The van der Waals surface area contributed by atoms with Crippen molar-refractivity contribution in [3.63, 3.8) is 0 Å². The first kappa shape index (κ1) is 13.8. The first-order valence-corrected chi connectivity index (χ1v) is 7.63. The Labute approximate surface area is 130 Å². The van der Waals surface area contributed by atoms with E-state index >= 15 is 0 Å². The molecule has 1 N–H and O–H groups in total. The SMILES string of the molecule is O=C(Nc1ccc(CCBr)cc1)c1cnn2ccncc12. The van der Waals surface area contributed by atoms with Gasteiger partial charge in [-0.2, -0.15) is 5.10 Å². The maximum atomic E-state index is 12.3. The molecule has 0 aliphatic carbocycles. The van der Waals surface area contributed by atoms with Gasteiger partial charge in [0, 0.05) is 23.4 Å². The topological polar surface area (TPSA) is 59.3 Å². The number of alkyl halides is 1. The maximum Gasteiger partial charge on any atom is 0.259 e. The lowest BCUT2D eigenvalue weighted by atomic mass is 10.1. The Morgan fingerprint density at radius 2 is 2.05 bits per heavy atom. The van der Waals surface area contributed by atoms with Gasteiger partial charge in [0.1, 0.15) is 0 Å². The first-order valence-electron chi connectivity index (χ1n) is 6.51. The van der Waals surface area contributed by atoms with E-state index in [0.717, 1.165) is 17.4 Å². The van der Waals surface area contributed by atoms with Crippen LogP contribution in [-0.4, -0.2) is 25.8 Å². The smallest absolute Gasteiger partial charge is 0.259 e. The third kappa shape index (κ3) is 2.95. The zero-order valence-electron chi connectivity index (χ0n) is 11.2. The van der Waals surface area contributed by atoms with Gasteiger partial charge in [-0.15, -0.1) is 0 Å². The van der Waals surface area contributed by atoms with E-state index in [0.29, 0.717) is 11.1 Å². The lowest BCUT2D eigenvalue weighted by Crippen LogP contribution is -2.11. The van der Waals surface area contributed by atoms with Gasteiger partial charge < -0.3 is 5.32 Å². The van der Waals surface area contributed by atoms with E-state index in [4.69, 9.17) is 0 Å². The normalized spacial score (nSPS) is 10.7. The van der Waals surface area contributed by atoms with Crippen LogP contribution in [0.2, 0.25) is 0 Å². The number of benzene rings is 1. The second kappa shape index (κ2) is 6.05. The highest BCUT2D eigenvalue weighted by Gasteiger charge is 2.12. The minimum absolute atomic E-state index is 0.189. The Morgan fingerprint density at radius 1 is 1.24 bits per heavy atom. The van der Waals surface area contributed by atoms with Gasteiger partial charge in [0.15, 0.2) is 0 Å². The second-order valence-electron chi connectivity index (χ2n) is 4.55. The number of halogens is 1. The van der Waals surface area contributed by atoms with Crippen molar-refractivity contribution in [2.75, 3.05) is 10.6 Å².